The molecule has 3 heteroatoms. The fourth-order valence-corrected chi connectivity index (χ4v) is 2.37. The summed E-state index contributed by atoms with van der Waals surface area (Å²) in [5.74, 6) is 1.56. The van der Waals surface area contributed by atoms with Crippen LogP contribution in [0.2, 0.25) is 5.02 Å². The Bertz CT molecular complexity index is 551. The molecule has 0 aliphatic heterocycles. The maximum Gasteiger partial charge on any atom is 0.126 e. The van der Waals surface area contributed by atoms with Crippen LogP contribution < -0.4 is 5.32 Å². The number of pyridine rings is 1. The Hall–Kier alpha value is -1.54. The van der Waals surface area contributed by atoms with E-state index in [0.29, 0.717) is 12.0 Å². The van der Waals surface area contributed by atoms with E-state index in [0.717, 1.165) is 23.0 Å². The molecule has 1 N–H and O–H groups in total. The molecule has 0 amide bonds. The average molecular weight is 259 g/mol. The highest BCUT2D eigenvalue weighted by Gasteiger charge is 2.38. The number of halogens is 1. The van der Waals surface area contributed by atoms with Gasteiger partial charge in [0.15, 0.2) is 0 Å². The molecule has 0 saturated heterocycles. The number of hydrogen-bond acceptors (Lipinski definition) is 2. The van der Waals surface area contributed by atoms with Crippen molar-refractivity contribution in [3.8, 4) is 0 Å². The van der Waals surface area contributed by atoms with Crippen molar-refractivity contribution in [2.75, 3.05) is 5.32 Å². The number of nitrogens with zero attached hydrogens (tertiary/aromatic N) is 1. The van der Waals surface area contributed by atoms with E-state index in [1.807, 2.05) is 37.3 Å². The van der Waals surface area contributed by atoms with Gasteiger partial charge in [-0.15, -0.1) is 0 Å². The number of hydrogen-bond donors (Lipinski definition) is 1. The van der Waals surface area contributed by atoms with Gasteiger partial charge in [-0.1, -0.05) is 29.8 Å². The minimum Gasteiger partial charge on any atom is -0.367 e. The lowest BCUT2D eigenvalue weighted by Gasteiger charge is -2.06. The van der Waals surface area contributed by atoms with Crippen molar-refractivity contribution < 1.29 is 0 Å². The van der Waals surface area contributed by atoms with Crippen LogP contribution in [0.25, 0.3) is 0 Å². The fourth-order valence-electron chi connectivity index (χ4n) is 2.25. The molecule has 1 saturated carbocycles. The molecule has 1 aliphatic rings. The summed E-state index contributed by atoms with van der Waals surface area (Å²) in [6.45, 7) is 2.01. The van der Waals surface area contributed by atoms with E-state index in [1.54, 1.807) is 0 Å². The van der Waals surface area contributed by atoms with Crippen molar-refractivity contribution in [1.82, 2.24) is 4.98 Å². The number of nitrogens with one attached hydrogen (secondary N) is 1. The van der Waals surface area contributed by atoms with Crippen LogP contribution in [0.15, 0.2) is 42.5 Å². The second-order valence-electron chi connectivity index (χ2n) is 4.81. The molecule has 18 heavy (non-hydrogen) atoms. The van der Waals surface area contributed by atoms with Gasteiger partial charge in [-0.25, -0.2) is 4.98 Å². The summed E-state index contributed by atoms with van der Waals surface area (Å²) in [5, 5.41) is 4.27. The summed E-state index contributed by atoms with van der Waals surface area (Å²) in [6, 6.07) is 14.7. The van der Waals surface area contributed by atoms with Gasteiger partial charge in [-0.3, -0.25) is 0 Å². The fraction of sp³-hybridized carbons (Fsp3) is 0.267. The van der Waals surface area contributed by atoms with Crippen LogP contribution in [0.1, 0.15) is 23.6 Å². The molecule has 1 aromatic carbocycles. The molecule has 1 aromatic heterocycles. The van der Waals surface area contributed by atoms with E-state index in [9.17, 15) is 0 Å². The van der Waals surface area contributed by atoms with Gasteiger partial charge in [0.1, 0.15) is 5.82 Å². The normalized spacial score (nSPS) is 21.7. The Kier molecular flexibility index (Phi) is 2.96. The van der Waals surface area contributed by atoms with Crippen LogP contribution >= 0.6 is 11.6 Å². The molecule has 92 valence electrons. The van der Waals surface area contributed by atoms with E-state index in [-0.39, 0.29) is 0 Å². The molecule has 1 aliphatic carbocycles. The first-order valence-electron chi connectivity index (χ1n) is 6.18. The van der Waals surface area contributed by atoms with Crippen molar-refractivity contribution >= 4 is 17.4 Å². The predicted molar refractivity (Wildman–Crippen MR) is 75.2 cm³/mol. The molecule has 2 atom stereocenters. The Balaban J connectivity index is 1.66. The Morgan fingerprint density at radius 2 is 1.94 bits per heavy atom. The standard InChI is InChI=1S/C15H15ClN2/c1-10-3-2-4-15(17-10)18-14-9-13(14)11-5-7-12(16)8-6-11/h2-8,13-14H,9H2,1H3,(H,17,18). The molecule has 1 heterocycles. The van der Waals surface area contributed by atoms with Gasteiger partial charge in [-0.05, 0) is 43.2 Å². The van der Waals surface area contributed by atoms with E-state index >= 15 is 0 Å². The Labute approximate surface area is 112 Å². The van der Waals surface area contributed by atoms with Gasteiger partial charge in [0.05, 0.1) is 0 Å². The van der Waals surface area contributed by atoms with Crippen LogP contribution in [-0.4, -0.2) is 11.0 Å². The molecule has 2 unspecified atom stereocenters. The van der Waals surface area contributed by atoms with Gasteiger partial charge >= 0.3 is 0 Å². The molecule has 3 rings (SSSR count). The SMILES string of the molecule is Cc1cccc(NC2CC2c2ccc(Cl)cc2)n1. The third-order valence-corrected chi connectivity index (χ3v) is 3.56. The van der Waals surface area contributed by atoms with Gasteiger partial charge in [-0.2, -0.15) is 0 Å². The van der Waals surface area contributed by atoms with E-state index in [1.165, 1.54) is 5.56 Å². The molecule has 2 aromatic rings. The average Bonchev–Trinajstić information content (AvgIpc) is 3.09. The Morgan fingerprint density at radius 1 is 1.17 bits per heavy atom. The van der Waals surface area contributed by atoms with Gasteiger partial charge in [0.2, 0.25) is 0 Å². The van der Waals surface area contributed by atoms with Crippen LogP contribution in [-0.2, 0) is 0 Å². The summed E-state index contributed by atoms with van der Waals surface area (Å²) in [7, 11) is 0. The highest BCUT2D eigenvalue weighted by atomic mass is 35.5. The van der Waals surface area contributed by atoms with E-state index in [2.05, 4.69) is 22.4 Å². The van der Waals surface area contributed by atoms with Crippen LogP contribution in [0.3, 0.4) is 0 Å². The maximum atomic E-state index is 5.89. The number of anilines is 1. The zero-order chi connectivity index (χ0) is 12.5. The minimum atomic E-state index is 0.500. The van der Waals surface area contributed by atoms with E-state index in [4.69, 9.17) is 11.6 Å². The number of rotatable bonds is 3. The number of benzene rings is 1. The molecule has 1 fully saturated rings. The summed E-state index contributed by atoms with van der Waals surface area (Å²) < 4.78 is 0. The third-order valence-electron chi connectivity index (χ3n) is 3.31. The number of aryl methyl sites for hydroxylation is 1. The molecular formula is C15H15ClN2. The topological polar surface area (TPSA) is 24.9 Å². The van der Waals surface area contributed by atoms with Crippen molar-refractivity contribution in [3.63, 3.8) is 0 Å². The summed E-state index contributed by atoms with van der Waals surface area (Å²) in [6.07, 6.45) is 1.16. The quantitative estimate of drug-likeness (QED) is 0.900. The van der Waals surface area contributed by atoms with Crippen LogP contribution in [0.4, 0.5) is 5.82 Å². The second-order valence-corrected chi connectivity index (χ2v) is 5.25. The third kappa shape index (κ3) is 2.49. The smallest absolute Gasteiger partial charge is 0.126 e. The lowest BCUT2D eigenvalue weighted by molar-refractivity contribution is 1.02. The first-order valence-corrected chi connectivity index (χ1v) is 6.56. The zero-order valence-corrected chi connectivity index (χ0v) is 11.0. The van der Waals surface area contributed by atoms with E-state index < -0.39 is 0 Å². The lowest BCUT2D eigenvalue weighted by atomic mass is 10.1. The minimum absolute atomic E-state index is 0.500. The zero-order valence-electron chi connectivity index (χ0n) is 10.2. The molecule has 2 nitrogen and oxygen atoms in total. The van der Waals surface area contributed by atoms with Crippen LogP contribution in [0, 0.1) is 6.92 Å². The van der Waals surface area contributed by atoms with Crippen LogP contribution in [0.5, 0.6) is 0 Å². The highest BCUT2D eigenvalue weighted by Crippen LogP contribution is 2.42. The molecule has 0 radical (unpaired) electrons. The Morgan fingerprint density at radius 3 is 2.67 bits per heavy atom. The van der Waals surface area contributed by atoms with Crippen molar-refractivity contribution in [2.45, 2.75) is 25.3 Å². The molecule has 0 bridgehead atoms. The summed E-state index contributed by atoms with van der Waals surface area (Å²) in [4.78, 5) is 4.46. The largest absolute Gasteiger partial charge is 0.367 e. The second kappa shape index (κ2) is 4.62. The highest BCUT2D eigenvalue weighted by molar-refractivity contribution is 6.30. The summed E-state index contributed by atoms with van der Waals surface area (Å²) in [5.41, 5.74) is 2.40. The monoisotopic (exact) mass is 258 g/mol. The van der Waals surface area contributed by atoms with Gasteiger partial charge < -0.3 is 5.32 Å². The lowest BCUT2D eigenvalue weighted by Crippen LogP contribution is -2.05. The molecular weight excluding hydrogens is 244 g/mol. The summed E-state index contributed by atoms with van der Waals surface area (Å²) >= 11 is 5.89. The van der Waals surface area contributed by atoms with Crippen molar-refractivity contribution in [1.29, 1.82) is 0 Å². The maximum absolute atomic E-state index is 5.89. The van der Waals surface area contributed by atoms with Gasteiger partial charge in [0.25, 0.3) is 0 Å². The predicted octanol–water partition coefficient (Wildman–Crippen LogP) is 4.01. The number of aromatic nitrogens is 1. The molecule has 0 spiro atoms. The van der Waals surface area contributed by atoms with Crippen molar-refractivity contribution in [3.05, 3.63) is 58.7 Å². The van der Waals surface area contributed by atoms with Gasteiger partial charge in [0, 0.05) is 22.7 Å². The first-order chi connectivity index (χ1) is 8.72. The van der Waals surface area contributed by atoms with Crippen molar-refractivity contribution in [2.24, 2.45) is 0 Å². The first kappa shape index (κ1) is 11.5.